The van der Waals surface area contributed by atoms with Crippen molar-refractivity contribution in [2.45, 2.75) is 119 Å². The number of likely N-dealkylation sites (tertiary alicyclic amines) is 2. The fourth-order valence-corrected chi connectivity index (χ4v) is 14.2. The first-order chi connectivity index (χ1) is 56.3. The lowest BCUT2D eigenvalue weighted by Crippen LogP contribution is -2.59. The molecule has 9 rings (SSSR count). The minimum Gasteiger partial charge on any atom is -0.494 e. The van der Waals surface area contributed by atoms with Crippen LogP contribution in [0, 0.1) is 17.9 Å². The fraction of sp³-hybridized carbons (Fsp3) is 0.506. The summed E-state index contributed by atoms with van der Waals surface area (Å²) in [5, 5.41) is 63.7. The third-order valence-electron chi connectivity index (χ3n) is 20.3. The zero-order valence-corrected chi connectivity index (χ0v) is 64.5. The number of hydrogen-bond donors (Lipinski definition) is 12. The first kappa shape index (κ1) is 89.4. The summed E-state index contributed by atoms with van der Waals surface area (Å²) in [6, 6.07) is 11.5. The van der Waals surface area contributed by atoms with Gasteiger partial charge in [0.25, 0.3) is 45.4 Å². The van der Waals surface area contributed by atoms with E-state index in [0.29, 0.717) is 71.8 Å². The number of alkyl halides is 4. The number of nitrogens with zero attached hydrogens (tertiary/aromatic N) is 9. The molecule has 3 aliphatic rings. The van der Waals surface area contributed by atoms with Gasteiger partial charge in [0, 0.05) is 113 Å². The van der Waals surface area contributed by atoms with Crippen molar-refractivity contribution in [1.29, 1.82) is 5.26 Å². The van der Waals surface area contributed by atoms with Crippen LogP contribution < -0.4 is 79.0 Å². The number of pyridine rings is 2. The van der Waals surface area contributed by atoms with Gasteiger partial charge in [-0.05, 0) is 101 Å². The quantitative estimate of drug-likeness (QED) is 0.0111. The van der Waals surface area contributed by atoms with Crippen LogP contribution >= 0.6 is 0 Å². The SMILES string of the molecule is [C-]#[N+][C@@H]1CC(F)(F)CN1C(=O)CNC(=O)c1ccnc2ccc(OCCCCNc3c(NCCNC(=O)[C@H](CCC(=O)NCCNc4c(NCCCCOc5ccc6nccc(C(=O)NCC(=O)N7CC(F)(F)C[C@H]7C#N)c6c5)c(=O)c4=O)NC(=O)CCCCCC4(N(C)CC(=O)O)CN(CC(=O)O)CCN(CC(=O)O)C4)c(=O)c3=O)cc12. The molecular weight excluding hydrogens is 1560 g/mol. The van der Waals surface area contributed by atoms with Gasteiger partial charge >= 0.3 is 24.1 Å². The molecule has 0 spiro atoms. The molecule has 0 saturated carbocycles. The lowest BCUT2D eigenvalue weighted by Gasteiger charge is -2.44. The largest absolute Gasteiger partial charge is 0.494 e. The normalized spacial score (nSPS) is 16.6. The van der Waals surface area contributed by atoms with Gasteiger partial charge in [0.15, 0.2) is 0 Å². The Morgan fingerprint density at radius 3 is 1.56 bits per heavy atom. The number of likely N-dealkylation sites (N-methyl/N-ethyl adjacent to an activating group) is 1. The molecule has 4 aromatic carbocycles. The molecule has 632 valence electrons. The van der Waals surface area contributed by atoms with E-state index in [9.17, 15) is 105 Å². The van der Waals surface area contributed by atoms with E-state index in [0.717, 1.165) is 9.80 Å². The Morgan fingerprint density at radius 1 is 0.585 bits per heavy atom. The molecule has 0 radical (unpaired) electrons. The van der Waals surface area contributed by atoms with E-state index in [1.165, 1.54) is 24.5 Å². The molecular formula is C77H92F4N18O19. The molecule has 118 heavy (non-hydrogen) atoms. The van der Waals surface area contributed by atoms with Gasteiger partial charge in [-0.2, -0.15) is 5.26 Å². The van der Waals surface area contributed by atoms with E-state index < -0.39 is 162 Å². The van der Waals surface area contributed by atoms with Gasteiger partial charge < -0.3 is 77.5 Å². The molecule has 0 unspecified atom stereocenters. The van der Waals surface area contributed by atoms with E-state index in [1.807, 2.05) is 0 Å². The molecule has 37 nitrogen and oxygen atoms in total. The van der Waals surface area contributed by atoms with Crippen LogP contribution in [0.25, 0.3) is 26.7 Å². The van der Waals surface area contributed by atoms with Crippen LogP contribution in [0.15, 0.2) is 80.1 Å². The molecule has 41 heteroatoms. The number of ether oxygens (including phenoxy) is 2. The van der Waals surface area contributed by atoms with Crippen LogP contribution in [0.1, 0.15) is 104 Å². The average molecular weight is 1650 g/mol. The Balaban J connectivity index is 0.729. The summed E-state index contributed by atoms with van der Waals surface area (Å²) in [4.78, 5) is 197. The maximum atomic E-state index is 14.0. The monoisotopic (exact) mass is 1650 g/mol. The van der Waals surface area contributed by atoms with Crippen molar-refractivity contribution in [2.75, 3.05) is 153 Å². The molecule has 5 heterocycles. The zero-order valence-electron chi connectivity index (χ0n) is 64.5. The summed E-state index contributed by atoms with van der Waals surface area (Å²) in [5.74, 6) is -14.1. The summed E-state index contributed by atoms with van der Waals surface area (Å²) in [7, 11) is 1.57. The van der Waals surface area contributed by atoms with E-state index >= 15 is 0 Å². The fourth-order valence-electron chi connectivity index (χ4n) is 14.2. The predicted molar refractivity (Wildman–Crippen MR) is 418 cm³/mol. The van der Waals surface area contributed by atoms with Crippen LogP contribution in [0.5, 0.6) is 11.5 Å². The van der Waals surface area contributed by atoms with Crippen molar-refractivity contribution in [3.8, 4) is 17.6 Å². The highest BCUT2D eigenvalue weighted by Gasteiger charge is 2.51. The van der Waals surface area contributed by atoms with E-state index in [2.05, 4.69) is 62.7 Å². The van der Waals surface area contributed by atoms with Crippen LogP contribution in [0.2, 0.25) is 0 Å². The first-order valence-electron chi connectivity index (χ1n) is 38.3. The second-order valence-corrected chi connectivity index (χ2v) is 29.0. The minimum absolute atomic E-state index is 0.00675. The number of rotatable bonds is 46. The molecule has 3 fully saturated rings. The number of aromatic nitrogens is 2. The number of nitriles is 1. The third-order valence-corrected chi connectivity index (χ3v) is 20.3. The van der Waals surface area contributed by atoms with E-state index in [-0.39, 0.29) is 158 Å². The molecule has 3 atom stereocenters. The van der Waals surface area contributed by atoms with E-state index in [4.69, 9.17) is 16.0 Å². The van der Waals surface area contributed by atoms with Gasteiger partial charge in [0.05, 0.1) is 87.3 Å². The van der Waals surface area contributed by atoms with Crippen LogP contribution in [0.3, 0.4) is 0 Å². The summed E-state index contributed by atoms with van der Waals surface area (Å²) >= 11 is 0. The van der Waals surface area contributed by atoms with Gasteiger partial charge in [-0.25, -0.2) is 24.1 Å². The van der Waals surface area contributed by atoms with Gasteiger partial charge in [0.2, 0.25) is 29.5 Å². The third kappa shape index (κ3) is 24.5. The zero-order chi connectivity index (χ0) is 85.4. The number of aliphatic carboxylic acids is 3. The molecule has 3 aliphatic heterocycles. The lowest BCUT2D eigenvalue weighted by atomic mass is 9.88. The number of halogens is 4. The van der Waals surface area contributed by atoms with E-state index in [1.54, 1.807) is 64.2 Å². The standard InChI is InChI=1S/C77H92F4N18O19/c1-83-56-35-77(80,81)45-99(56)60(103)38-93-73(115)50-18-23-85-54-14-12-48(33-52(50)54)118-31-9-7-21-88-65-67(71(113)69(65)111)90-26-27-91-74(116)55(94-58(101)10-4-3-5-19-75(95(2)39-61(104)105)42-96(40-62(106)107)28-29-97(43-75)41-63(108)109)15-16-57(100)86-24-25-89-66-64(68(110)70(66)112)87-20-6-8-30-117-47-11-13-53-51(32-47)49(17-22-84-53)72(114)92-37-59(102)98-44-76(78,79)34-46(98)36-82/h11-14,17-18,22-23,32-33,46,55-56,87-90H,3-10,15-16,19-21,24-31,34-35,37-45H2,2H3,(H,86,100)(H,91,116)(H,92,114)(H,93,115)(H,94,101)(H,104,105)(H,106,107)(H,108,109)/t46-,55-,56-/m0/s1. The smallest absolute Gasteiger partial charge is 0.317 e. The van der Waals surface area contributed by atoms with Gasteiger partial charge in [-0.1, -0.05) is 12.8 Å². The number of carboxylic acids is 3. The maximum Gasteiger partial charge on any atom is 0.317 e. The number of carbonyl (C=O) groups excluding carboxylic acids is 7. The number of unbranched alkanes of at least 4 members (excludes halogenated alkanes) is 4. The van der Waals surface area contributed by atoms with Crippen molar-refractivity contribution < 1.29 is 90.3 Å². The van der Waals surface area contributed by atoms with Crippen molar-refractivity contribution in [3.63, 3.8) is 0 Å². The summed E-state index contributed by atoms with van der Waals surface area (Å²) < 4.78 is 67.7. The number of amides is 7. The Bertz CT molecular complexity index is 4900. The maximum absolute atomic E-state index is 14.0. The average Bonchev–Trinajstić information content (AvgIpc) is 1.24. The summed E-state index contributed by atoms with van der Waals surface area (Å²) in [6.45, 7) is 4.01. The molecule has 3 saturated heterocycles. The number of carboxylic acid groups (broad SMARTS) is 3. The van der Waals surface area contributed by atoms with Gasteiger partial charge in [-0.3, -0.25) is 102 Å². The number of nitrogens with one attached hydrogen (secondary N) is 9. The predicted octanol–water partition coefficient (Wildman–Crippen LogP) is 1.36. The topological polar surface area (TPSA) is 497 Å². The molecule has 0 aliphatic carbocycles. The molecule has 12 N–H and O–H groups in total. The van der Waals surface area contributed by atoms with Crippen molar-refractivity contribution in [1.82, 2.24) is 61.1 Å². The van der Waals surface area contributed by atoms with Crippen molar-refractivity contribution in [2.24, 2.45) is 0 Å². The summed E-state index contributed by atoms with van der Waals surface area (Å²) in [6.07, 6.45) is 2.27. The Hall–Kier alpha value is -12.5. The lowest BCUT2D eigenvalue weighted by molar-refractivity contribution is -0.142. The highest BCUT2D eigenvalue weighted by Crippen LogP contribution is 2.35. The van der Waals surface area contributed by atoms with Crippen molar-refractivity contribution in [3.05, 3.63) is 124 Å². The summed E-state index contributed by atoms with van der Waals surface area (Å²) in [5.41, 5.74) is -3.10. The van der Waals surface area contributed by atoms with Crippen molar-refractivity contribution >= 4 is 104 Å². The first-order valence-corrected chi connectivity index (χ1v) is 38.3. The Morgan fingerprint density at radius 2 is 1.07 bits per heavy atom. The second-order valence-electron chi connectivity index (χ2n) is 29.0. The minimum atomic E-state index is -3.23. The van der Waals surface area contributed by atoms with Crippen LogP contribution in [-0.2, 0) is 38.4 Å². The number of anilines is 4. The van der Waals surface area contributed by atoms with Crippen LogP contribution in [-0.4, -0.2) is 276 Å². The second kappa shape index (κ2) is 41.4. The highest BCUT2D eigenvalue weighted by molar-refractivity contribution is 6.08. The van der Waals surface area contributed by atoms with Gasteiger partial charge in [-0.15, -0.1) is 0 Å². The highest BCUT2D eigenvalue weighted by atomic mass is 19.3. The molecule has 2 aromatic heterocycles. The van der Waals surface area contributed by atoms with Crippen LogP contribution in [0.4, 0.5) is 40.3 Å². The Labute approximate surface area is 671 Å². The number of fused-ring (bicyclic) bond motifs is 2. The molecule has 6 aromatic rings. The molecule has 7 amide bonds. The Kier molecular flexibility index (Phi) is 31.4. The number of carbonyl (C=O) groups is 10. The van der Waals surface area contributed by atoms with Gasteiger partial charge in [0.1, 0.15) is 52.8 Å². The number of hydrogen-bond acceptors (Lipinski definition) is 26. The molecule has 0 bridgehead atoms. The number of benzene rings is 2.